The van der Waals surface area contributed by atoms with Crippen molar-refractivity contribution in [3.8, 4) is 0 Å². The molecule has 2 heterocycles. The molecule has 1 aliphatic carbocycles. The van der Waals surface area contributed by atoms with Crippen molar-refractivity contribution in [3.05, 3.63) is 45.8 Å². The second kappa shape index (κ2) is 7.39. The molecule has 1 aliphatic heterocycles. The highest BCUT2D eigenvalue weighted by Crippen LogP contribution is 2.39. The second-order valence-corrected chi connectivity index (χ2v) is 8.68. The topological polar surface area (TPSA) is 92.5 Å². The third kappa shape index (κ3) is 3.42. The van der Waals surface area contributed by atoms with E-state index in [1.54, 1.807) is 29.2 Å². The number of hydrogen-bond donors (Lipinski definition) is 2. The van der Waals surface area contributed by atoms with E-state index in [4.69, 9.17) is 5.73 Å². The Morgan fingerprint density at radius 2 is 1.96 bits per heavy atom. The Morgan fingerprint density at radius 3 is 2.61 bits per heavy atom. The smallest absolute Gasteiger partial charge is 0.256 e. The zero-order valence-electron chi connectivity index (χ0n) is 15.8. The predicted molar refractivity (Wildman–Crippen MR) is 110 cm³/mol. The van der Waals surface area contributed by atoms with Gasteiger partial charge in [-0.05, 0) is 61.4 Å². The van der Waals surface area contributed by atoms with Gasteiger partial charge in [0.15, 0.2) is 0 Å². The van der Waals surface area contributed by atoms with Gasteiger partial charge in [0.05, 0.1) is 5.56 Å². The first-order valence-corrected chi connectivity index (χ1v) is 10.4. The van der Waals surface area contributed by atoms with Gasteiger partial charge in [-0.1, -0.05) is 6.92 Å². The van der Waals surface area contributed by atoms with E-state index in [1.165, 1.54) is 11.3 Å². The van der Waals surface area contributed by atoms with Crippen LogP contribution in [-0.2, 0) is 17.6 Å². The molecule has 3 N–H and O–H groups in total. The molecule has 1 fully saturated rings. The highest BCUT2D eigenvalue weighted by atomic mass is 32.1. The van der Waals surface area contributed by atoms with Crippen LogP contribution in [0.25, 0.3) is 0 Å². The lowest BCUT2D eigenvalue weighted by Gasteiger charge is -2.18. The summed E-state index contributed by atoms with van der Waals surface area (Å²) in [6.07, 6.45) is 4.18. The first kappa shape index (κ1) is 18.7. The fourth-order valence-electron chi connectivity index (χ4n) is 3.99. The van der Waals surface area contributed by atoms with E-state index in [0.29, 0.717) is 35.0 Å². The van der Waals surface area contributed by atoms with Gasteiger partial charge in [-0.3, -0.25) is 14.4 Å². The number of nitrogens with two attached hydrogens (primary N) is 1. The van der Waals surface area contributed by atoms with Crippen LogP contribution < -0.4 is 16.0 Å². The quantitative estimate of drug-likeness (QED) is 0.829. The number of fused-ring (bicyclic) bond motifs is 1. The molecule has 7 heteroatoms. The van der Waals surface area contributed by atoms with E-state index in [0.717, 1.165) is 41.8 Å². The van der Waals surface area contributed by atoms with Crippen LogP contribution >= 0.6 is 11.3 Å². The highest BCUT2D eigenvalue weighted by molar-refractivity contribution is 7.17. The van der Waals surface area contributed by atoms with Gasteiger partial charge in [0.2, 0.25) is 5.91 Å². The van der Waals surface area contributed by atoms with Gasteiger partial charge in [-0.25, -0.2) is 0 Å². The van der Waals surface area contributed by atoms with Crippen molar-refractivity contribution in [1.29, 1.82) is 0 Å². The van der Waals surface area contributed by atoms with E-state index in [9.17, 15) is 14.4 Å². The molecule has 1 saturated heterocycles. The molecule has 0 saturated carbocycles. The first-order valence-electron chi connectivity index (χ1n) is 9.60. The van der Waals surface area contributed by atoms with E-state index >= 15 is 0 Å². The van der Waals surface area contributed by atoms with Crippen molar-refractivity contribution < 1.29 is 14.4 Å². The maximum absolute atomic E-state index is 12.7. The minimum atomic E-state index is -0.495. The highest BCUT2D eigenvalue weighted by Gasteiger charge is 2.27. The van der Waals surface area contributed by atoms with Gasteiger partial charge in [-0.2, -0.15) is 0 Å². The van der Waals surface area contributed by atoms with Crippen LogP contribution in [-0.4, -0.2) is 24.3 Å². The lowest BCUT2D eigenvalue weighted by Crippen LogP contribution is -2.23. The Hall–Kier alpha value is -2.67. The summed E-state index contributed by atoms with van der Waals surface area (Å²) >= 11 is 1.46. The molecule has 0 radical (unpaired) electrons. The number of thiophene rings is 1. The Kier molecular flexibility index (Phi) is 4.93. The van der Waals surface area contributed by atoms with E-state index in [1.807, 2.05) is 0 Å². The van der Waals surface area contributed by atoms with E-state index in [2.05, 4.69) is 12.2 Å². The number of carbonyl (C=O) groups excluding carboxylic acids is 3. The summed E-state index contributed by atoms with van der Waals surface area (Å²) < 4.78 is 0. The molecule has 2 aliphatic rings. The number of nitrogens with zero attached hydrogens (tertiary/aromatic N) is 1. The minimum absolute atomic E-state index is 0.113. The van der Waals surface area contributed by atoms with Crippen molar-refractivity contribution in [2.45, 2.75) is 39.0 Å². The summed E-state index contributed by atoms with van der Waals surface area (Å²) in [5.41, 5.74) is 8.35. The molecule has 1 aromatic carbocycles. The molecule has 1 aromatic heterocycles. The normalized spacial score (nSPS) is 18.8. The van der Waals surface area contributed by atoms with Crippen LogP contribution in [0.15, 0.2) is 24.3 Å². The van der Waals surface area contributed by atoms with E-state index < -0.39 is 5.91 Å². The lowest BCUT2D eigenvalue weighted by atomic mass is 9.88. The zero-order chi connectivity index (χ0) is 19.8. The molecule has 2 aromatic rings. The Morgan fingerprint density at radius 1 is 1.21 bits per heavy atom. The molecule has 0 unspecified atom stereocenters. The Balaban J connectivity index is 1.55. The summed E-state index contributed by atoms with van der Waals surface area (Å²) in [5.74, 6) is -0.100. The molecular formula is C21H23N3O3S. The molecule has 6 nitrogen and oxygen atoms in total. The number of primary amides is 1. The largest absolute Gasteiger partial charge is 0.365 e. The van der Waals surface area contributed by atoms with Crippen molar-refractivity contribution in [2.75, 3.05) is 16.8 Å². The minimum Gasteiger partial charge on any atom is -0.365 e. The average Bonchev–Trinajstić information content (AvgIpc) is 3.24. The third-order valence-corrected chi connectivity index (χ3v) is 6.67. The monoisotopic (exact) mass is 397 g/mol. The molecule has 3 amide bonds. The molecule has 0 bridgehead atoms. The molecule has 0 spiro atoms. The maximum atomic E-state index is 12.7. The number of amides is 3. The van der Waals surface area contributed by atoms with Crippen molar-refractivity contribution in [3.63, 3.8) is 0 Å². The van der Waals surface area contributed by atoms with Gasteiger partial charge < -0.3 is 16.0 Å². The summed E-state index contributed by atoms with van der Waals surface area (Å²) in [7, 11) is 0. The van der Waals surface area contributed by atoms with Crippen LogP contribution in [0.2, 0.25) is 0 Å². The van der Waals surface area contributed by atoms with Crippen molar-refractivity contribution >= 4 is 39.7 Å². The zero-order valence-corrected chi connectivity index (χ0v) is 16.6. The molecule has 4 rings (SSSR count). The van der Waals surface area contributed by atoms with Gasteiger partial charge >= 0.3 is 0 Å². The third-order valence-electron chi connectivity index (χ3n) is 5.50. The summed E-state index contributed by atoms with van der Waals surface area (Å²) in [4.78, 5) is 39.5. The number of anilines is 2. The summed E-state index contributed by atoms with van der Waals surface area (Å²) in [5, 5.41) is 3.41. The van der Waals surface area contributed by atoms with Gasteiger partial charge in [0.25, 0.3) is 11.8 Å². The number of benzene rings is 1. The van der Waals surface area contributed by atoms with Crippen LogP contribution in [0.1, 0.15) is 57.3 Å². The van der Waals surface area contributed by atoms with Gasteiger partial charge in [0.1, 0.15) is 5.00 Å². The predicted octanol–water partition coefficient (Wildman–Crippen LogP) is 3.35. The number of carbonyl (C=O) groups is 3. The SMILES string of the molecule is C[C@@H]1CCc2c(sc(NC(=O)c3ccc(N4CCCC4=O)cc3)c2C(N)=O)C1. The standard InChI is InChI=1S/C21H23N3O3S/c1-12-4-9-15-16(11-12)28-21(18(15)19(22)26)23-20(27)13-5-7-14(8-6-13)24-10-2-3-17(24)25/h5-8,12H,2-4,9-11H2,1H3,(H2,22,26)(H,23,27)/t12-/m1/s1. The van der Waals surface area contributed by atoms with Crippen LogP contribution in [0, 0.1) is 5.92 Å². The summed E-state index contributed by atoms with van der Waals surface area (Å²) in [6.45, 7) is 2.91. The lowest BCUT2D eigenvalue weighted by molar-refractivity contribution is -0.117. The van der Waals surface area contributed by atoms with Crippen molar-refractivity contribution in [2.24, 2.45) is 11.7 Å². The Bertz CT molecular complexity index is 949. The molecule has 1 atom stereocenters. The van der Waals surface area contributed by atoms with Crippen molar-refractivity contribution in [1.82, 2.24) is 0 Å². The van der Waals surface area contributed by atoms with Crippen LogP contribution in [0.4, 0.5) is 10.7 Å². The fourth-order valence-corrected chi connectivity index (χ4v) is 5.40. The van der Waals surface area contributed by atoms with Gasteiger partial charge in [-0.15, -0.1) is 11.3 Å². The van der Waals surface area contributed by atoms with E-state index in [-0.39, 0.29) is 11.8 Å². The average molecular weight is 398 g/mol. The number of rotatable bonds is 4. The molecular weight excluding hydrogens is 374 g/mol. The van der Waals surface area contributed by atoms with Gasteiger partial charge in [0, 0.05) is 29.1 Å². The number of nitrogens with one attached hydrogen (secondary N) is 1. The fraction of sp³-hybridized carbons (Fsp3) is 0.381. The molecule has 146 valence electrons. The maximum Gasteiger partial charge on any atom is 0.256 e. The Labute approximate surface area is 167 Å². The van der Waals surface area contributed by atoms with Crippen LogP contribution in [0.5, 0.6) is 0 Å². The first-order chi connectivity index (χ1) is 13.4. The summed E-state index contributed by atoms with van der Waals surface area (Å²) in [6, 6.07) is 6.98. The number of hydrogen-bond acceptors (Lipinski definition) is 4. The van der Waals surface area contributed by atoms with Crippen LogP contribution in [0.3, 0.4) is 0 Å². The molecule has 28 heavy (non-hydrogen) atoms. The second-order valence-electron chi connectivity index (χ2n) is 7.57.